The van der Waals surface area contributed by atoms with Crippen LogP contribution < -0.4 is 14.4 Å². The molecule has 0 bridgehead atoms. The lowest BCUT2D eigenvalue weighted by Crippen LogP contribution is -2.36. The molecule has 0 saturated carbocycles. The summed E-state index contributed by atoms with van der Waals surface area (Å²) < 4.78 is 10.6. The number of ether oxygens (including phenoxy) is 2. The number of benzene rings is 2. The first-order valence-electron chi connectivity index (χ1n) is 7.96. The summed E-state index contributed by atoms with van der Waals surface area (Å²) in [5.41, 5.74) is 2.18. The third-order valence-corrected chi connectivity index (χ3v) is 5.17. The second-order valence-electron chi connectivity index (χ2n) is 5.58. The molecule has 1 aliphatic rings. The van der Waals surface area contributed by atoms with E-state index in [1.807, 2.05) is 47.4 Å². The normalized spacial score (nSPS) is 13.3. The van der Waals surface area contributed by atoms with E-state index in [1.165, 1.54) is 17.3 Å². The number of amides is 1. The van der Waals surface area contributed by atoms with Gasteiger partial charge in [-0.15, -0.1) is 11.8 Å². The molecule has 3 rings (SSSR count). The Balaban J connectivity index is 1.72. The minimum Gasteiger partial charge on any atom is -0.497 e. The SMILES string of the molecule is COc1ccc2c(c1)CCCN2C(=O)CSc1ccccc1OC. The molecule has 0 unspecified atom stereocenters. The van der Waals surface area contributed by atoms with Gasteiger partial charge in [0.15, 0.2) is 0 Å². The van der Waals surface area contributed by atoms with Gasteiger partial charge in [-0.05, 0) is 48.7 Å². The Morgan fingerprint density at radius 3 is 2.79 bits per heavy atom. The van der Waals surface area contributed by atoms with Crippen molar-refractivity contribution in [1.29, 1.82) is 0 Å². The van der Waals surface area contributed by atoms with Crippen molar-refractivity contribution in [2.45, 2.75) is 17.7 Å². The van der Waals surface area contributed by atoms with E-state index in [2.05, 4.69) is 0 Å². The first-order valence-corrected chi connectivity index (χ1v) is 8.94. The van der Waals surface area contributed by atoms with Crippen LogP contribution in [0.2, 0.25) is 0 Å². The fourth-order valence-electron chi connectivity index (χ4n) is 2.91. The monoisotopic (exact) mass is 343 g/mol. The van der Waals surface area contributed by atoms with Crippen LogP contribution in [0.1, 0.15) is 12.0 Å². The molecule has 126 valence electrons. The summed E-state index contributed by atoms with van der Waals surface area (Å²) in [6.07, 6.45) is 1.96. The summed E-state index contributed by atoms with van der Waals surface area (Å²) in [5.74, 6) is 2.16. The molecule has 0 aromatic heterocycles. The maximum atomic E-state index is 12.7. The van der Waals surface area contributed by atoms with Gasteiger partial charge in [0.05, 0.1) is 20.0 Å². The van der Waals surface area contributed by atoms with E-state index in [1.54, 1.807) is 14.2 Å². The average molecular weight is 343 g/mol. The second-order valence-corrected chi connectivity index (χ2v) is 6.60. The lowest BCUT2D eigenvalue weighted by Gasteiger charge is -2.29. The summed E-state index contributed by atoms with van der Waals surface area (Å²) in [6.45, 7) is 0.768. The number of anilines is 1. The summed E-state index contributed by atoms with van der Waals surface area (Å²) in [6, 6.07) is 13.7. The van der Waals surface area contributed by atoms with Crippen LogP contribution in [-0.4, -0.2) is 32.4 Å². The molecule has 0 aliphatic carbocycles. The lowest BCUT2D eigenvalue weighted by molar-refractivity contribution is -0.116. The number of carbonyl (C=O) groups is 1. The van der Waals surface area contributed by atoms with Crippen LogP contribution in [0.25, 0.3) is 0 Å². The molecular formula is C19H21NO3S. The molecular weight excluding hydrogens is 322 g/mol. The van der Waals surface area contributed by atoms with E-state index in [0.29, 0.717) is 5.75 Å². The number of para-hydroxylation sites is 1. The van der Waals surface area contributed by atoms with E-state index >= 15 is 0 Å². The van der Waals surface area contributed by atoms with Crippen molar-refractivity contribution in [3.63, 3.8) is 0 Å². The molecule has 0 N–H and O–H groups in total. The van der Waals surface area contributed by atoms with Gasteiger partial charge in [0.25, 0.3) is 0 Å². The van der Waals surface area contributed by atoms with Crippen molar-refractivity contribution in [3.8, 4) is 11.5 Å². The van der Waals surface area contributed by atoms with Crippen molar-refractivity contribution in [1.82, 2.24) is 0 Å². The largest absolute Gasteiger partial charge is 0.497 e. The van der Waals surface area contributed by atoms with E-state index in [4.69, 9.17) is 9.47 Å². The van der Waals surface area contributed by atoms with Crippen LogP contribution >= 0.6 is 11.8 Å². The molecule has 0 radical (unpaired) electrons. The average Bonchev–Trinajstić information content (AvgIpc) is 2.65. The standard InChI is InChI=1S/C19H21NO3S/c1-22-15-9-10-16-14(12-15)6-5-11-20(16)19(21)13-24-18-8-4-3-7-17(18)23-2/h3-4,7-10,12H,5-6,11,13H2,1-2H3. The first-order chi connectivity index (χ1) is 11.7. The fourth-order valence-corrected chi connectivity index (χ4v) is 3.82. The highest BCUT2D eigenvalue weighted by Gasteiger charge is 2.23. The number of aryl methyl sites for hydroxylation is 1. The van der Waals surface area contributed by atoms with Gasteiger partial charge in [-0.1, -0.05) is 12.1 Å². The third kappa shape index (κ3) is 3.51. The molecule has 4 nitrogen and oxygen atoms in total. The highest BCUT2D eigenvalue weighted by atomic mass is 32.2. The molecule has 0 atom stereocenters. The summed E-state index contributed by atoms with van der Waals surface area (Å²) in [5, 5.41) is 0. The van der Waals surface area contributed by atoms with Crippen LogP contribution in [-0.2, 0) is 11.2 Å². The minimum absolute atomic E-state index is 0.122. The Bertz CT molecular complexity index is 732. The second kappa shape index (κ2) is 7.62. The molecule has 1 heterocycles. The number of hydrogen-bond donors (Lipinski definition) is 0. The predicted molar refractivity (Wildman–Crippen MR) is 97.4 cm³/mol. The van der Waals surface area contributed by atoms with Gasteiger partial charge in [0, 0.05) is 17.1 Å². The third-order valence-electron chi connectivity index (χ3n) is 4.13. The van der Waals surface area contributed by atoms with Crippen LogP contribution in [0, 0.1) is 0 Å². The van der Waals surface area contributed by atoms with Gasteiger partial charge >= 0.3 is 0 Å². The molecule has 0 fully saturated rings. The number of carbonyl (C=O) groups excluding carboxylic acids is 1. The molecule has 1 aliphatic heterocycles. The quantitative estimate of drug-likeness (QED) is 0.775. The molecule has 0 spiro atoms. The zero-order valence-electron chi connectivity index (χ0n) is 14.0. The zero-order valence-corrected chi connectivity index (χ0v) is 14.8. The van der Waals surface area contributed by atoms with Gasteiger partial charge in [-0.2, -0.15) is 0 Å². The molecule has 24 heavy (non-hydrogen) atoms. The van der Waals surface area contributed by atoms with E-state index in [-0.39, 0.29) is 5.91 Å². The van der Waals surface area contributed by atoms with Gasteiger partial charge in [-0.3, -0.25) is 4.79 Å². The molecule has 5 heteroatoms. The Labute approximate surface area is 146 Å². The zero-order chi connectivity index (χ0) is 16.9. The van der Waals surface area contributed by atoms with Crippen molar-refractivity contribution in [3.05, 3.63) is 48.0 Å². The van der Waals surface area contributed by atoms with E-state index < -0.39 is 0 Å². The summed E-state index contributed by atoms with van der Waals surface area (Å²) in [4.78, 5) is 15.6. The van der Waals surface area contributed by atoms with Crippen LogP contribution in [0.3, 0.4) is 0 Å². The summed E-state index contributed by atoms with van der Waals surface area (Å²) in [7, 11) is 3.31. The predicted octanol–water partition coefficient (Wildman–Crippen LogP) is 3.78. The molecule has 1 amide bonds. The van der Waals surface area contributed by atoms with Crippen molar-refractivity contribution >= 4 is 23.4 Å². The molecule has 2 aromatic carbocycles. The lowest BCUT2D eigenvalue weighted by atomic mass is 10.0. The number of fused-ring (bicyclic) bond motifs is 1. The Hall–Kier alpha value is -2.14. The van der Waals surface area contributed by atoms with Crippen molar-refractivity contribution < 1.29 is 14.3 Å². The highest BCUT2D eigenvalue weighted by Crippen LogP contribution is 2.33. The first kappa shape index (κ1) is 16.7. The maximum absolute atomic E-state index is 12.7. The maximum Gasteiger partial charge on any atom is 0.237 e. The fraction of sp³-hybridized carbons (Fsp3) is 0.316. The van der Waals surface area contributed by atoms with E-state index in [0.717, 1.165) is 41.5 Å². The number of hydrogen-bond acceptors (Lipinski definition) is 4. The minimum atomic E-state index is 0.122. The van der Waals surface area contributed by atoms with Crippen LogP contribution in [0.4, 0.5) is 5.69 Å². The molecule has 0 saturated heterocycles. The van der Waals surface area contributed by atoms with Crippen LogP contribution in [0.5, 0.6) is 11.5 Å². The van der Waals surface area contributed by atoms with Gasteiger partial charge in [0.2, 0.25) is 5.91 Å². The van der Waals surface area contributed by atoms with Gasteiger partial charge in [0.1, 0.15) is 11.5 Å². The van der Waals surface area contributed by atoms with Gasteiger partial charge in [-0.25, -0.2) is 0 Å². The van der Waals surface area contributed by atoms with Gasteiger partial charge < -0.3 is 14.4 Å². The Morgan fingerprint density at radius 1 is 1.17 bits per heavy atom. The number of methoxy groups -OCH3 is 2. The number of thioether (sulfide) groups is 1. The highest BCUT2D eigenvalue weighted by molar-refractivity contribution is 8.00. The topological polar surface area (TPSA) is 38.8 Å². The Morgan fingerprint density at radius 2 is 2.00 bits per heavy atom. The number of nitrogens with zero attached hydrogens (tertiary/aromatic N) is 1. The van der Waals surface area contributed by atoms with E-state index in [9.17, 15) is 4.79 Å². The Kier molecular flexibility index (Phi) is 5.30. The molecule has 2 aromatic rings. The summed E-state index contributed by atoms with van der Waals surface area (Å²) >= 11 is 1.51. The van der Waals surface area contributed by atoms with Crippen LogP contribution in [0.15, 0.2) is 47.4 Å². The van der Waals surface area contributed by atoms with Crippen molar-refractivity contribution in [2.24, 2.45) is 0 Å². The number of rotatable bonds is 5. The van der Waals surface area contributed by atoms with Crippen molar-refractivity contribution in [2.75, 3.05) is 31.4 Å². The smallest absolute Gasteiger partial charge is 0.237 e.